The Balaban J connectivity index is 1.82. The summed E-state index contributed by atoms with van der Waals surface area (Å²) in [6.45, 7) is 0. The summed E-state index contributed by atoms with van der Waals surface area (Å²) in [6.07, 6.45) is 1.21. The Morgan fingerprint density at radius 3 is 2.88 bits per heavy atom. The Hall–Kier alpha value is -2.49. The number of pyridine rings is 1. The zero-order valence-electron chi connectivity index (χ0n) is 12.6. The fraction of sp³-hybridized carbons (Fsp3) is 0.167. The highest BCUT2D eigenvalue weighted by Gasteiger charge is 2.32. The molecular formula is C18H14BrN3O2. The number of aromatic nitrogens is 1. The molecule has 0 radical (unpaired) electrons. The van der Waals surface area contributed by atoms with Crippen molar-refractivity contribution in [2.75, 3.05) is 0 Å². The van der Waals surface area contributed by atoms with E-state index in [2.05, 4.69) is 26.2 Å². The molecule has 0 unspecified atom stereocenters. The number of carbonyl (C=O) groups is 1. The van der Waals surface area contributed by atoms with Gasteiger partial charge in [0.25, 0.3) is 5.91 Å². The predicted molar refractivity (Wildman–Crippen MR) is 92.6 cm³/mol. The molecule has 1 amide bonds. The Morgan fingerprint density at radius 2 is 2.12 bits per heavy atom. The maximum Gasteiger partial charge on any atom is 0.262 e. The zero-order valence-corrected chi connectivity index (χ0v) is 14.2. The molecule has 0 aliphatic heterocycles. The lowest BCUT2D eigenvalue weighted by Gasteiger charge is -2.17. The van der Waals surface area contributed by atoms with Crippen LogP contribution in [-0.2, 0) is 11.2 Å². The highest BCUT2D eigenvalue weighted by molar-refractivity contribution is 9.10. The molecule has 1 heterocycles. The summed E-state index contributed by atoms with van der Waals surface area (Å²) < 4.78 is 0.620. The molecule has 0 saturated carbocycles. The normalized spacial score (nSPS) is 19.5. The van der Waals surface area contributed by atoms with Gasteiger partial charge >= 0.3 is 0 Å². The van der Waals surface area contributed by atoms with Gasteiger partial charge in [0, 0.05) is 6.42 Å². The Kier molecular flexibility index (Phi) is 4.74. The predicted octanol–water partition coefficient (Wildman–Crippen LogP) is 2.53. The van der Waals surface area contributed by atoms with Crippen LogP contribution in [0.2, 0.25) is 0 Å². The standard InChI is InChI=1S/C18H14BrN3O2/c19-16-7-3-5-13(21-16)8-12(10-20)18(24)22-17-14-6-2-1-4-11(14)9-15(17)23/h1-8,15,17,23H,9H2,(H,22,24)/t15-,17-/m1/s1. The minimum absolute atomic E-state index is 0.0582. The van der Waals surface area contributed by atoms with Gasteiger partial charge in [-0.15, -0.1) is 0 Å². The van der Waals surface area contributed by atoms with Crippen LogP contribution in [0.15, 0.2) is 52.6 Å². The summed E-state index contributed by atoms with van der Waals surface area (Å²) in [4.78, 5) is 16.6. The summed E-state index contributed by atoms with van der Waals surface area (Å²) >= 11 is 3.25. The summed E-state index contributed by atoms with van der Waals surface area (Å²) in [5.41, 5.74) is 2.34. The van der Waals surface area contributed by atoms with E-state index in [4.69, 9.17) is 0 Å². The van der Waals surface area contributed by atoms with E-state index in [-0.39, 0.29) is 5.57 Å². The van der Waals surface area contributed by atoms with Crippen molar-refractivity contribution >= 4 is 27.9 Å². The SMILES string of the molecule is N#CC(=Cc1cccc(Br)n1)C(=O)N[C@@H]1c2ccccc2C[C@H]1O. The molecule has 5 nitrogen and oxygen atoms in total. The first-order chi connectivity index (χ1) is 11.6. The van der Waals surface area contributed by atoms with Crippen molar-refractivity contribution < 1.29 is 9.90 Å². The van der Waals surface area contributed by atoms with Crippen LogP contribution in [0.25, 0.3) is 6.08 Å². The van der Waals surface area contributed by atoms with Crippen molar-refractivity contribution in [2.45, 2.75) is 18.6 Å². The average molecular weight is 384 g/mol. The summed E-state index contributed by atoms with van der Waals surface area (Å²) in [5.74, 6) is -0.528. The highest BCUT2D eigenvalue weighted by Crippen LogP contribution is 2.31. The van der Waals surface area contributed by atoms with Crippen LogP contribution < -0.4 is 5.32 Å². The summed E-state index contributed by atoms with van der Waals surface area (Å²) in [5, 5.41) is 22.2. The number of rotatable bonds is 3. The van der Waals surface area contributed by atoms with E-state index in [9.17, 15) is 15.2 Å². The van der Waals surface area contributed by atoms with Gasteiger partial charge < -0.3 is 10.4 Å². The number of fused-ring (bicyclic) bond motifs is 1. The highest BCUT2D eigenvalue weighted by atomic mass is 79.9. The van der Waals surface area contributed by atoms with Crippen LogP contribution >= 0.6 is 15.9 Å². The smallest absolute Gasteiger partial charge is 0.262 e. The van der Waals surface area contributed by atoms with Gasteiger partial charge in [0.15, 0.2) is 0 Å². The summed E-state index contributed by atoms with van der Waals surface area (Å²) in [6, 6.07) is 14.2. The van der Waals surface area contributed by atoms with Gasteiger partial charge in [0.1, 0.15) is 16.2 Å². The van der Waals surface area contributed by atoms with E-state index >= 15 is 0 Å². The number of aliphatic hydroxyl groups is 1. The third kappa shape index (κ3) is 3.37. The molecule has 0 saturated heterocycles. The second kappa shape index (κ2) is 6.95. The quantitative estimate of drug-likeness (QED) is 0.484. The average Bonchev–Trinajstić information content (AvgIpc) is 2.88. The Labute approximate surface area is 147 Å². The maximum absolute atomic E-state index is 12.4. The molecule has 1 aliphatic carbocycles. The second-order valence-corrected chi connectivity index (χ2v) is 6.29. The van der Waals surface area contributed by atoms with E-state index in [1.165, 1.54) is 6.08 Å². The van der Waals surface area contributed by atoms with E-state index in [1.807, 2.05) is 30.3 Å². The van der Waals surface area contributed by atoms with Crippen LogP contribution in [0.3, 0.4) is 0 Å². The van der Waals surface area contributed by atoms with E-state index in [0.29, 0.717) is 16.7 Å². The van der Waals surface area contributed by atoms with Gasteiger partial charge in [-0.05, 0) is 45.3 Å². The van der Waals surface area contributed by atoms with Crippen LogP contribution in [0.5, 0.6) is 0 Å². The number of hydrogen-bond acceptors (Lipinski definition) is 4. The number of aliphatic hydroxyl groups excluding tert-OH is 1. The Bertz CT molecular complexity index is 857. The first-order valence-electron chi connectivity index (χ1n) is 7.39. The number of nitriles is 1. The number of hydrogen-bond donors (Lipinski definition) is 2. The van der Waals surface area contributed by atoms with E-state index in [0.717, 1.165) is 11.1 Å². The van der Waals surface area contributed by atoms with E-state index in [1.54, 1.807) is 18.2 Å². The van der Waals surface area contributed by atoms with Gasteiger partial charge in [0.2, 0.25) is 0 Å². The van der Waals surface area contributed by atoms with Crippen molar-refractivity contribution in [1.82, 2.24) is 10.3 Å². The second-order valence-electron chi connectivity index (χ2n) is 5.48. The number of nitrogens with one attached hydrogen (secondary N) is 1. The molecule has 0 bridgehead atoms. The molecular weight excluding hydrogens is 370 g/mol. The fourth-order valence-electron chi connectivity index (χ4n) is 2.77. The lowest BCUT2D eigenvalue weighted by Crippen LogP contribution is -2.34. The molecule has 0 spiro atoms. The largest absolute Gasteiger partial charge is 0.390 e. The Morgan fingerprint density at radius 1 is 1.33 bits per heavy atom. The zero-order chi connectivity index (χ0) is 17.1. The molecule has 6 heteroatoms. The molecule has 2 aromatic rings. The number of benzene rings is 1. The van der Waals surface area contributed by atoms with Crippen molar-refractivity contribution in [3.63, 3.8) is 0 Å². The topological polar surface area (TPSA) is 86.0 Å². The van der Waals surface area contributed by atoms with Crippen molar-refractivity contribution in [2.24, 2.45) is 0 Å². The summed E-state index contributed by atoms with van der Waals surface area (Å²) in [7, 11) is 0. The van der Waals surface area contributed by atoms with Crippen LogP contribution in [0, 0.1) is 11.3 Å². The molecule has 1 aromatic heterocycles. The van der Waals surface area contributed by atoms with Crippen molar-refractivity contribution in [3.05, 3.63) is 69.5 Å². The van der Waals surface area contributed by atoms with Crippen molar-refractivity contribution in [3.8, 4) is 6.07 Å². The fourth-order valence-corrected chi connectivity index (χ4v) is 3.13. The number of carbonyl (C=O) groups excluding carboxylic acids is 1. The first kappa shape index (κ1) is 16.4. The first-order valence-corrected chi connectivity index (χ1v) is 8.19. The van der Waals surface area contributed by atoms with Gasteiger partial charge in [-0.25, -0.2) is 4.98 Å². The lowest BCUT2D eigenvalue weighted by atomic mass is 10.1. The third-order valence-electron chi connectivity index (χ3n) is 3.88. The third-order valence-corrected chi connectivity index (χ3v) is 4.33. The number of halogens is 1. The molecule has 0 fully saturated rings. The minimum Gasteiger partial charge on any atom is -0.390 e. The monoisotopic (exact) mass is 383 g/mol. The maximum atomic E-state index is 12.4. The van der Waals surface area contributed by atoms with Crippen LogP contribution in [0.1, 0.15) is 22.9 Å². The molecule has 3 rings (SSSR count). The molecule has 2 atom stereocenters. The molecule has 24 heavy (non-hydrogen) atoms. The lowest BCUT2D eigenvalue weighted by molar-refractivity contribution is -0.118. The van der Waals surface area contributed by atoms with Gasteiger partial charge in [-0.3, -0.25) is 4.79 Å². The van der Waals surface area contributed by atoms with Crippen LogP contribution in [0.4, 0.5) is 0 Å². The number of nitrogens with zero attached hydrogens (tertiary/aromatic N) is 2. The molecule has 120 valence electrons. The van der Waals surface area contributed by atoms with Crippen LogP contribution in [-0.4, -0.2) is 22.1 Å². The van der Waals surface area contributed by atoms with Crippen molar-refractivity contribution in [1.29, 1.82) is 5.26 Å². The molecule has 1 aliphatic rings. The van der Waals surface area contributed by atoms with Gasteiger partial charge in [-0.1, -0.05) is 30.3 Å². The number of amides is 1. The van der Waals surface area contributed by atoms with Gasteiger partial charge in [0.05, 0.1) is 17.8 Å². The van der Waals surface area contributed by atoms with E-state index < -0.39 is 18.1 Å². The minimum atomic E-state index is -0.699. The molecule has 1 aromatic carbocycles. The van der Waals surface area contributed by atoms with Gasteiger partial charge in [-0.2, -0.15) is 5.26 Å². The molecule has 2 N–H and O–H groups in total.